The molecule has 3 saturated heterocycles. The minimum Gasteiger partial charge on any atom is -0.323 e. The van der Waals surface area contributed by atoms with Crippen LogP contribution in [0.25, 0.3) is 0 Å². The molecule has 2 amide bonds. The van der Waals surface area contributed by atoms with E-state index < -0.39 is 0 Å². The number of urea groups is 1. The number of carbonyl (C=O) groups is 1. The van der Waals surface area contributed by atoms with Crippen molar-refractivity contribution in [1.82, 2.24) is 9.80 Å². The van der Waals surface area contributed by atoms with Gasteiger partial charge in [0.25, 0.3) is 0 Å². The van der Waals surface area contributed by atoms with E-state index in [9.17, 15) is 4.79 Å². The van der Waals surface area contributed by atoms with Gasteiger partial charge in [-0.15, -0.1) is 0 Å². The van der Waals surface area contributed by atoms with Crippen LogP contribution in [0.5, 0.6) is 0 Å². The highest BCUT2D eigenvalue weighted by Gasteiger charge is 2.37. The first-order valence-electron chi connectivity index (χ1n) is 9.13. The number of nitrogens with one attached hydrogen (secondary N) is 1. The molecule has 2 atom stereocenters. The molecule has 0 aromatic heterocycles. The van der Waals surface area contributed by atoms with Crippen molar-refractivity contribution in [2.24, 2.45) is 11.8 Å². The molecule has 0 radical (unpaired) electrons. The van der Waals surface area contributed by atoms with Gasteiger partial charge in [-0.3, -0.25) is 4.90 Å². The van der Waals surface area contributed by atoms with E-state index in [0.717, 1.165) is 24.7 Å². The summed E-state index contributed by atoms with van der Waals surface area (Å²) in [6.07, 6.45) is 6.77. The summed E-state index contributed by atoms with van der Waals surface area (Å²) in [5, 5.41) is 3.05. The molecule has 23 heavy (non-hydrogen) atoms. The lowest BCUT2D eigenvalue weighted by atomic mass is 9.83. The maximum atomic E-state index is 12.6. The van der Waals surface area contributed by atoms with Crippen LogP contribution in [-0.2, 0) is 0 Å². The maximum absolute atomic E-state index is 12.6. The molecular formula is C19H27N3O. The first-order valence-corrected chi connectivity index (χ1v) is 9.13. The number of rotatable bonds is 3. The molecule has 2 bridgehead atoms. The average molecular weight is 313 g/mol. The Morgan fingerprint density at radius 3 is 2.61 bits per heavy atom. The standard InChI is InChI=1S/C19H27N3O/c23-19(20-17-7-2-1-3-8-17)22-13-16-9-10-18(14-22)21(12-16)11-15-5-4-6-15/h1-3,7-8,15-16,18H,4-6,9-14H2,(H,20,23)/t16-,18-/m0/s1. The van der Waals surface area contributed by atoms with Crippen molar-refractivity contribution in [2.45, 2.75) is 38.1 Å². The number of hydrogen-bond acceptors (Lipinski definition) is 2. The topological polar surface area (TPSA) is 35.6 Å². The Morgan fingerprint density at radius 2 is 1.87 bits per heavy atom. The minimum atomic E-state index is 0.0681. The summed E-state index contributed by atoms with van der Waals surface area (Å²) in [7, 11) is 0. The van der Waals surface area contributed by atoms with Crippen LogP contribution in [-0.4, -0.2) is 48.1 Å². The molecule has 4 heteroatoms. The second kappa shape index (κ2) is 6.52. The van der Waals surface area contributed by atoms with Crippen LogP contribution in [0.3, 0.4) is 0 Å². The van der Waals surface area contributed by atoms with Crippen molar-refractivity contribution < 1.29 is 4.79 Å². The van der Waals surface area contributed by atoms with Crippen LogP contribution in [0, 0.1) is 11.8 Å². The summed E-state index contributed by atoms with van der Waals surface area (Å²) < 4.78 is 0. The number of nitrogens with zero attached hydrogens (tertiary/aromatic N) is 2. The van der Waals surface area contributed by atoms with Gasteiger partial charge < -0.3 is 10.2 Å². The highest BCUT2D eigenvalue weighted by Crippen LogP contribution is 2.33. The van der Waals surface area contributed by atoms with E-state index in [1.807, 2.05) is 30.3 Å². The number of benzene rings is 1. The van der Waals surface area contributed by atoms with Gasteiger partial charge in [0.1, 0.15) is 0 Å². The van der Waals surface area contributed by atoms with Crippen molar-refractivity contribution in [2.75, 3.05) is 31.5 Å². The molecule has 4 aliphatic rings. The van der Waals surface area contributed by atoms with Gasteiger partial charge in [0.05, 0.1) is 0 Å². The summed E-state index contributed by atoms with van der Waals surface area (Å²) in [5.74, 6) is 1.57. The Balaban J connectivity index is 1.39. The van der Waals surface area contributed by atoms with Crippen LogP contribution in [0.1, 0.15) is 32.1 Å². The second-order valence-electron chi connectivity index (χ2n) is 7.55. The summed E-state index contributed by atoms with van der Waals surface area (Å²) in [5.41, 5.74) is 0.889. The average Bonchev–Trinajstić information content (AvgIpc) is 2.84. The van der Waals surface area contributed by atoms with E-state index in [1.54, 1.807) is 0 Å². The summed E-state index contributed by atoms with van der Waals surface area (Å²) in [4.78, 5) is 17.4. The monoisotopic (exact) mass is 313 g/mol. The van der Waals surface area contributed by atoms with E-state index in [-0.39, 0.29) is 6.03 Å². The molecule has 1 aromatic rings. The Hall–Kier alpha value is -1.55. The number of fused-ring (bicyclic) bond motifs is 4. The van der Waals surface area contributed by atoms with E-state index in [2.05, 4.69) is 15.1 Å². The highest BCUT2D eigenvalue weighted by atomic mass is 16.2. The molecule has 5 rings (SSSR count). The Kier molecular flexibility index (Phi) is 4.25. The van der Waals surface area contributed by atoms with Crippen molar-refractivity contribution in [3.63, 3.8) is 0 Å². The largest absolute Gasteiger partial charge is 0.323 e. The van der Waals surface area contributed by atoms with Crippen LogP contribution in [0.15, 0.2) is 30.3 Å². The van der Waals surface area contributed by atoms with Gasteiger partial charge in [-0.25, -0.2) is 4.79 Å². The van der Waals surface area contributed by atoms with Crippen molar-refractivity contribution in [3.05, 3.63) is 30.3 Å². The van der Waals surface area contributed by atoms with Gasteiger partial charge >= 0.3 is 6.03 Å². The van der Waals surface area contributed by atoms with E-state index in [0.29, 0.717) is 12.0 Å². The van der Waals surface area contributed by atoms with Crippen LogP contribution in [0.4, 0.5) is 10.5 Å². The third-order valence-electron chi connectivity index (χ3n) is 5.86. The van der Waals surface area contributed by atoms with E-state index in [4.69, 9.17) is 0 Å². The Labute approximate surface area is 138 Å². The second-order valence-corrected chi connectivity index (χ2v) is 7.55. The summed E-state index contributed by atoms with van der Waals surface area (Å²) in [6.45, 7) is 4.25. The molecule has 1 N–H and O–H groups in total. The zero-order valence-corrected chi connectivity index (χ0v) is 13.8. The molecule has 3 aliphatic heterocycles. The zero-order chi connectivity index (χ0) is 15.6. The molecule has 4 nitrogen and oxygen atoms in total. The molecule has 1 saturated carbocycles. The SMILES string of the molecule is O=C(Nc1ccccc1)N1C[C@H]2CC[C@@H](C1)N(CC1CCC1)C2. The fourth-order valence-corrected chi connectivity index (χ4v) is 4.30. The van der Waals surface area contributed by atoms with Gasteiger partial charge in [0.2, 0.25) is 0 Å². The maximum Gasteiger partial charge on any atom is 0.321 e. The number of carbonyl (C=O) groups excluding carboxylic acids is 1. The predicted molar refractivity (Wildman–Crippen MR) is 92.5 cm³/mol. The lowest BCUT2D eigenvalue weighted by molar-refractivity contribution is 0.0900. The molecule has 3 heterocycles. The molecule has 124 valence electrons. The third-order valence-corrected chi connectivity index (χ3v) is 5.86. The van der Waals surface area contributed by atoms with E-state index >= 15 is 0 Å². The van der Waals surface area contributed by atoms with Gasteiger partial charge in [0, 0.05) is 37.9 Å². The first-order chi connectivity index (χ1) is 11.3. The number of hydrogen-bond donors (Lipinski definition) is 1. The lowest BCUT2D eigenvalue weighted by Gasteiger charge is -2.40. The number of piperidine rings is 1. The predicted octanol–water partition coefficient (Wildman–Crippen LogP) is 3.41. The number of para-hydroxylation sites is 1. The third kappa shape index (κ3) is 3.37. The smallest absolute Gasteiger partial charge is 0.321 e. The molecule has 1 aromatic carbocycles. The zero-order valence-electron chi connectivity index (χ0n) is 13.8. The van der Waals surface area contributed by atoms with Crippen molar-refractivity contribution in [1.29, 1.82) is 0 Å². The minimum absolute atomic E-state index is 0.0681. The number of anilines is 1. The van der Waals surface area contributed by atoms with Crippen LogP contribution >= 0.6 is 0 Å². The van der Waals surface area contributed by atoms with E-state index in [1.165, 1.54) is 45.2 Å². The van der Waals surface area contributed by atoms with Gasteiger partial charge in [-0.05, 0) is 49.7 Å². The molecule has 4 fully saturated rings. The number of amides is 2. The molecule has 0 spiro atoms. The molecule has 0 unspecified atom stereocenters. The molecular weight excluding hydrogens is 286 g/mol. The fraction of sp³-hybridized carbons (Fsp3) is 0.632. The van der Waals surface area contributed by atoms with Gasteiger partial charge in [-0.2, -0.15) is 0 Å². The van der Waals surface area contributed by atoms with Crippen LogP contribution in [0.2, 0.25) is 0 Å². The molecule has 1 aliphatic carbocycles. The normalized spacial score (nSPS) is 28.3. The van der Waals surface area contributed by atoms with Gasteiger partial charge in [-0.1, -0.05) is 24.6 Å². The Bertz CT molecular complexity index is 543. The first kappa shape index (κ1) is 15.0. The van der Waals surface area contributed by atoms with Gasteiger partial charge in [0.15, 0.2) is 0 Å². The highest BCUT2D eigenvalue weighted by molar-refractivity contribution is 5.89. The fourth-order valence-electron chi connectivity index (χ4n) is 4.30. The van der Waals surface area contributed by atoms with Crippen LogP contribution < -0.4 is 5.32 Å². The lowest BCUT2D eigenvalue weighted by Crippen LogP contribution is -2.47. The van der Waals surface area contributed by atoms with Crippen molar-refractivity contribution >= 4 is 11.7 Å². The van der Waals surface area contributed by atoms with Crippen molar-refractivity contribution in [3.8, 4) is 0 Å². The summed E-state index contributed by atoms with van der Waals surface area (Å²) in [6, 6.07) is 10.4. The quantitative estimate of drug-likeness (QED) is 0.928. The Morgan fingerprint density at radius 1 is 1.04 bits per heavy atom. The summed E-state index contributed by atoms with van der Waals surface area (Å²) >= 11 is 0.